The van der Waals surface area contributed by atoms with Crippen LogP contribution in [0.5, 0.6) is 0 Å². The van der Waals surface area contributed by atoms with Crippen LogP contribution in [-0.2, 0) is 33.7 Å². The first-order valence-corrected chi connectivity index (χ1v) is 4.16. The Hall–Kier alpha value is -0.637. The molecular weight excluding hydrogens is 264 g/mol. The number of nitrogens with one attached hydrogen (secondary N) is 1. The second-order valence-corrected chi connectivity index (χ2v) is 3.72. The van der Waals surface area contributed by atoms with E-state index >= 15 is 0 Å². The Morgan fingerprint density at radius 2 is 1.75 bits per heavy atom. The van der Waals surface area contributed by atoms with Gasteiger partial charge in [0.05, 0.1) is 7.11 Å². The number of ether oxygens (including phenoxy) is 2. The topological polar surface area (TPSA) is 64.6 Å². The van der Waals surface area contributed by atoms with Gasteiger partial charge >= 0.3 is 25.6 Å². The smallest absolute Gasteiger partial charge is 0.469 e. The largest absolute Gasteiger partial charge is 2.00 e. The van der Waals surface area contributed by atoms with Crippen LogP contribution in [0.25, 0.3) is 0 Å². The monoisotopic (exact) mass is 281 g/mol. The molecule has 0 spiro atoms. The Bertz CT molecular complexity index is 225. The molecule has 90 valence electrons. The van der Waals surface area contributed by atoms with E-state index < -0.39 is 23.7 Å². The van der Waals surface area contributed by atoms with Crippen LogP contribution in [0.4, 0.5) is 4.79 Å². The molecule has 0 aliphatic heterocycles. The van der Waals surface area contributed by atoms with Gasteiger partial charge in [0.25, 0.3) is 5.97 Å². The van der Waals surface area contributed by atoms with Gasteiger partial charge in [0.2, 0.25) is 0 Å². The van der Waals surface area contributed by atoms with Gasteiger partial charge in [0.1, 0.15) is 5.60 Å². The van der Waals surface area contributed by atoms with Gasteiger partial charge in [-0.3, -0.25) is 4.79 Å². The van der Waals surface area contributed by atoms with Crippen molar-refractivity contribution in [3.05, 3.63) is 14.4 Å². The summed E-state index contributed by atoms with van der Waals surface area (Å²) in [5.74, 6) is -0.615. The minimum atomic E-state index is -0.949. The molecule has 0 fully saturated rings. The zero-order chi connectivity index (χ0) is 11.4. The number of carbonyl (C=O) groups excluding carboxylic acids is 2. The molecule has 1 unspecified atom stereocenters. The molecule has 0 heterocycles. The zero-order valence-electron chi connectivity index (χ0n) is 10.6. The average Bonchev–Trinajstić information content (AvgIpc) is 1.99. The van der Waals surface area contributed by atoms with Gasteiger partial charge in [0, 0.05) is 6.04 Å². The average molecular weight is 283 g/mol. The second-order valence-electron chi connectivity index (χ2n) is 3.72. The van der Waals surface area contributed by atoms with E-state index in [1.165, 1.54) is 7.11 Å². The predicted molar refractivity (Wildman–Crippen MR) is 56.9 cm³/mol. The van der Waals surface area contributed by atoms with Crippen LogP contribution in [0, 0.1) is 14.4 Å². The third-order valence-electron chi connectivity index (χ3n) is 1.18. The second kappa shape index (κ2) is 8.51. The van der Waals surface area contributed by atoms with Crippen LogP contribution >= 0.6 is 0 Å². The van der Waals surface area contributed by atoms with Crippen molar-refractivity contribution in [2.45, 2.75) is 32.4 Å². The SMILES string of the molecule is [CH2-]C(NC(=O)OC(C)(C)C)C(=O)OC.[CH3-].[Zn+2]. The first-order valence-electron chi connectivity index (χ1n) is 4.16. The molecule has 0 aromatic heterocycles. The van der Waals surface area contributed by atoms with E-state index in [1.807, 2.05) is 0 Å². The molecule has 0 saturated carbocycles. The molecule has 0 aliphatic carbocycles. The predicted octanol–water partition coefficient (Wildman–Crippen LogP) is 1.33. The number of carbonyl (C=O) groups is 2. The fraction of sp³-hybridized carbons (Fsp3) is 0.600. The van der Waals surface area contributed by atoms with Crippen LogP contribution in [0.2, 0.25) is 0 Å². The van der Waals surface area contributed by atoms with Gasteiger partial charge < -0.3 is 29.1 Å². The summed E-state index contributed by atoms with van der Waals surface area (Å²) in [5.41, 5.74) is -0.597. The molecule has 0 rings (SSSR count). The summed E-state index contributed by atoms with van der Waals surface area (Å²) in [4.78, 5) is 22.0. The molecule has 5 nitrogen and oxygen atoms in total. The molecule has 1 amide bonds. The van der Waals surface area contributed by atoms with Crippen LogP contribution < -0.4 is 5.32 Å². The Balaban J connectivity index is -0.000000845. The Morgan fingerprint density at radius 3 is 2.06 bits per heavy atom. The number of hydrogen-bond donors (Lipinski definition) is 1. The van der Waals surface area contributed by atoms with Gasteiger partial charge in [-0.2, -0.15) is 0 Å². The maximum absolute atomic E-state index is 11.1. The minimum Gasteiger partial charge on any atom is -0.469 e. The van der Waals surface area contributed by atoms with Crippen LogP contribution in [-0.4, -0.2) is 30.8 Å². The number of alkyl carbamates (subject to hydrolysis) is 1. The molecular formula is C10H19NO4Zn. The summed E-state index contributed by atoms with van der Waals surface area (Å²) in [6.07, 6.45) is -0.692. The minimum absolute atomic E-state index is 0. The van der Waals surface area contributed by atoms with Crippen LogP contribution in [0.3, 0.4) is 0 Å². The van der Waals surface area contributed by atoms with E-state index in [-0.39, 0.29) is 26.9 Å². The Morgan fingerprint density at radius 1 is 1.31 bits per heavy atom. The molecule has 1 N–H and O–H groups in total. The summed E-state index contributed by atoms with van der Waals surface area (Å²) in [6, 6.07) is -0.949. The Labute approximate surface area is 110 Å². The molecule has 0 radical (unpaired) electrons. The standard InChI is InChI=1S/C9H16NO4.CH3.Zn/c1-6(7(11)13-5)10-8(12)14-9(2,3)4;;/h6H,1H2,2-5H3,(H,10,12);1H3;/q2*-1;+2. The van der Waals surface area contributed by atoms with Crippen molar-refractivity contribution in [1.82, 2.24) is 5.32 Å². The fourth-order valence-electron chi connectivity index (χ4n) is 0.651. The van der Waals surface area contributed by atoms with E-state index in [0.29, 0.717) is 0 Å². The normalized spacial score (nSPS) is 11.3. The van der Waals surface area contributed by atoms with Crippen molar-refractivity contribution in [2.24, 2.45) is 0 Å². The Kier molecular flexibility index (Phi) is 11.0. The number of amides is 1. The van der Waals surface area contributed by atoms with Crippen molar-refractivity contribution in [3.63, 3.8) is 0 Å². The molecule has 1 atom stereocenters. The molecule has 0 saturated heterocycles. The van der Waals surface area contributed by atoms with E-state index in [9.17, 15) is 9.59 Å². The van der Waals surface area contributed by atoms with E-state index in [2.05, 4.69) is 17.0 Å². The molecule has 0 aromatic carbocycles. The van der Waals surface area contributed by atoms with Crippen molar-refractivity contribution >= 4 is 12.1 Å². The third-order valence-corrected chi connectivity index (χ3v) is 1.18. The number of methoxy groups -OCH3 is 1. The van der Waals surface area contributed by atoms with Crippen LogP contribution in [0.15, 0.2) is 0 Å². The molecule has 0 aromatic rings. The van der Waals surface area contributed by atoms with Crippen molar-refractivity contribution in [1.29, 1.82) is 0 Å². The molecule has 0 bridgehead atoms. The number of hydrogen-bond acceptors (Lipinski definition) is 4. The first kappa shape index (κ1) is 20.7. The van der Waals surface area contributed by atoms with Gasteiger partial charge in [-0.05, 0) is 20.8 Å². The van der Waals surface area contributed by atoms with Crippen molar-refractivity contribution in [3.8, 4) is 0 Å². The van der Waals surface area contributed by atoms with Crippen LogP contribution in [0.1, 0.15) is 20.8 Å². The summed E-state index contributed by atoms with van der Waals surface area (Å²) < 4.78 is 9.28. The summed E-state index contributed by atoms with van der Waals surface area (Å²) in [5, 5.41) is 2.24. The number of rotatable bonds is 2. The third kappa shape index (κ3) is 9.90. The summed E-state index contributed by atoms with van der Waals surface area (Å²) in [6.45, 7) is 8.57. The maximum Gasteiger partial charge on any atom is 2.00 e. The van der Waals surface area contributed by atoms with E-state index in [0.717, 1.165) is 0 Å². The number of esters is 1. The van der Waals surface area contributed by atoms with Gasteiger partial charge in [-0.1, -0.05) is 0 Å². The summed E-state index contributed by atoms with van der Waals surface area (Å²) >= 11 is 0. The summed E-state index contributed by atoms with van der Waals surface area (Å²) in [7, 11) is 1.22. The quantitative estimate of drug-likeness (QED) is 0.471. The molecule has 16 heavy (non-hydrogen) atoms. The zero-order valence-corrected chi connectivity index (χ0v) is 13.6. The molecule has 6 heteroatoms. The van der Waals surface area contributed by atoms with Crippen molar-refractivity contribution < 1.29 is 38.5 Å². The van der Waals surface area contributed by atoms with Gasteiger partial charge in [-0.15, -0.1) is 0 Å². The molecule has 0 aliphatic rings. The maximum atomic E-state index is 11.1. The first-order chi connectivity index (χ1) is 6.26. The van der Waals surface area contributed by atoms with E-state index in [1.54, 1.807) is 20.8 Å². The van der Waals surface area contributed by atoms with Crippen molar-refractivity contribution in [2.75, 3.05) is 7.11 Å². The van der Waals surface area contributed by atoms with Gasteiger partial charge in [0.15, 0.2) is 0 Å². The van der Waals surface area contributed by atoms with Gasteiger partial charge in [-0.25, -0.2) is 4.79 Å². The fourth-order valence-corrected chi connectivity index (χ4v) is 0.651. The van der Waals surface area contributed by atoms with E-state index in [4.69, 9.17) is 4.74 Å².